The number of aromatic nitrogens is 1. The number of carbonyl (C=O) groups is 1. The summed E-state index contributed by atoms with van der Waals surface area (Å²) < 4.78 is 54.7. The predicted molar refractivity (Wildman–Crippen MR) is 110 cm³/mol. The van der Waals surface area contributed by atoms with Crippen LogP contribution in [0.5, 0.6) is 0 Å². The van der Waals surface area contributed by atoms with Crippen molar-refractivity contribution in [1.82, 2.24) is 10.3 Å². The van der Waals surface area contributed by atoms with Crippen molar-refractivity contribution in [3.63, 3.8) is 0 Å². The van der Waals surface area contributed by atoms with Crippen LogP contribution in [0.1, 0.15) is 27.0 Å². The lowest BCUT2D eigenvalue weighted by Gasteiger charge is -2.20. The molecule has 1 aliphatic rings. The number of pyridine rings is 1. The molecule has 0 saturated heterocycles. The van der Waals surface area contributed by atoms with Gasteiger partial charge in [0.2, 0.25) is 0 Å². The summed E-state index contributed by atoms with van der Waals surface area (Å²) in [5.74, 6) is -4.74. The van der Waals surface area contributed by atoms with Gasteiger partial charge in [0, 0.05) is 25.0 Å². The van der Waals surface area contributed by atoms with Crippen molar-refractivity contribution >= 4 is 17.4 Å². The number of anilines is 2. The van der Waals surface area contributed by atoms with Gasteiger partial charge in [-0.1, -0.05) is 0 Å². The zero-order valence-electron chi connectivity index (χ0n) is 16.8. The molecule has 0 radical (unpaired) electrons. The largest absolute Gasteiger partial charge is 0.395 e. The molecular formula is C23H19F4N3O2. The van der Waals surface area contributed by atoms with Crippen molar-refractivity contribution < 1.29 is 27.5 Å². The molecule has 4 rings (SSSR count). The summed E-state index contributed by atoms with van der Waals surface area (Å²) in [6.45, 7) is 0.211. The Morgan fingerprint density at radius 2 is 1.78 bits per heavy atom. The molecule has 5 nitrogen and oxygen atoms in total. The lowest BCUT2D eigenvalue weighted by molar-refractivity contribution is 0.0940. The second-order valence-corrected chi connectivity index (χ2v) is 7.37. The number of hydrogen-bond acceptors (Lipinski definition) is 4. The fraction of sp³-hybridized carbons (Fsp3) is 0.217. The number of aliphatic hydroxyl groups is 1. The van der Waals surface area contributed by atoms with E-state index in [4.69, 9.17) is 5.11 Å². The van der Waals surface area contributed by atoms with Gasteiger partial charge in [-0.25, -0.2) is 22.5 Å². The van der Waals surface area contributed by atoms with Gasteiger partial charge in [0.05, 0.1) is 12.2 Å². The maximum atomic E-state index is 14.4. The molecule has 0 aliphatic carbocycles. The smallest absolute Gasteiger partial charge is 0.254 e. The minimum absolute atomic E-state index is 0.0137. The number of halogens is 4. The zero-order valence-corrected chi connectivity index (χ0v) is 16.8. The first-order valence-electron chi connectivity index (χ1n) is 9.95. The average Bonchev–Trinajstić information content (AvgIpc) is 3.20. The van der Waals surface area contributed by atoms with Crippen LogP contribution >= 0.6 is 0 Å². The number of rotatable bonds is 6. The lowest BCUT2D eigenvalue weighted by atomic mass is 10.0. The molecule has 1 amide bonds. The summed E-state index contributed by atoms with van der Waals surface area (Å²) in [5.41, 5.74) is 2.06. The van der Waals surface area contributed by atoms with E-state index in [1.165, 1.54) is 12.3 Å². The topological polar surface area (TPSA) is 65.5 Å². The van der Waals surface area contributed by atoms with Crippen molar-refractivity contribution in [2.45, 2.75) is 12.8 Å². The van der Waals surface area contributed by atoms with Gasteiger partial charge in [-0.3, -0.25) is 4.79 Å². The quantitative estimate of drug-likeness (QED) is 0.449. The molecule has 2 N–H and O–H groups in total. The first kappa shape index (κ1) is 21.8. The third-order valence-electron chi connectivity index (χ3n) is 5.28. The SMILES string of the molecule is O=C(NCCO)c1c(F)ccc2c1CCN2c1cc(Cc2cc(F)c(F)c(F)c2)ccn1. The van der Waals surface area contributed by atoms with E-state index in [1.807, 2.05) is 4.90 Å². The summed E-state index contributed by atoms with van der Waals surface area (Å²) in [6, 6.07) is 8.08. The zero-order chi connectivity index (χ0) is 22.8. The third-order valence-corrected chi connectivity index (χ3v) is 5.28. The van der Waals surface area contributed by atoms with Gasteiger partial charge in [-0.05, 0) is 65.9 Å². The standard InChI is InChI=1S/C23H19F4N3O2/c24-16-1-2-19-15(21(16)23(32)29-6-8-31)4-7-30(19)20-12-13(3-5-28-20)9-14-10-17(25)22(27)18(26)11-14/h1-3,5,10-12,31H,4,6-9H2,(H,29,32). The Morgan fingerprint density at radius 1 is 1.03 bits per heavy atom. The Labute approximate surface area is 181 Å². The molecule has 166 valence electrons. The molecule has 1 aliphatic heterocycles. The van der Waals surface area contributed by atoms with Gasteiger partial charge >= 0.3 is 0 Å². The molecule has 32 heavy (non-hydrogen) atoms. The summed E-state index contributed by atoms with van der Waals surface area (Å²) in [5, 5.41) is 11.4. The van der Waals surface area contributed by atoms with Crippen LogP contribution < -0.4 is 10.2 Å². The van der Waals surface area contributed by atoms with E-state index in [0.29, 0.717) is 35.6 Å². The minimum atomic E-state index is -1.51. The van der Waals surface area contributed by atoms with Crippen molar-refractivity contribution in [3.05, 3.63) is 88.1 Å². The van der Waals surface area contributed by atoms with Gasteiger partial charge in [0.25, 0.3) is 5.91 Å². The van der Waals surface area contributed by atoms with E-state index in [1.54, 1.807) is 18.2 Å². The molecular weight excluding hydrogens is 426 g/mol. The molecule has 0 spiro atoms. The Bertz CT molecular complexity index is 1160. The molecule has 1 aromatic heterocycles. The first-order valence-corrected chi connectivity index (χ1v) is 9.95. The van der Waals surface area contributed by atoms with Crippen LogP contribution in [0.3, 0.4) is 0 Å². The van der Waals surface area contributed by atoms with E-state index < -0.39 is 29.2 Å². The Morgan fingerprint density at radius 3 is 2.50 bits per heavy atom. The Kier molecular flexibility index (Phi) is 6.09. The molecule has 9 heteroatoms. The van der Waals surface area contributed by atoms with Crippen LogP contribution in [0.4, 0.5) is 29.1 Å². The van der Waals surface area contributed by atoms with E-state index in [0.717, 1.165) is 12.1 Å². The molecule has 0 bridgehead atoms. The summed E-state index contributed by atoms with van der Waals surface area (Å²) >= 11 is 0. The molecule has 2 aromatic carbocycles. The second-order valence-electron chi connectivity index (χ2n) is 7.37. The predicted octanol–water partition coefficient (Wildman–Crippen LogP) is 3.65. The van der Waals surface area contributed by atoms with E-state index in [2.05, 4.69) is 10.3 Å². The van der Waals surface area contributed by atoms with Crippen LogP contribution in [0.25, 0.3) is 0 Å². The Balaban J connectivity index is 1.63. The summed E-state index contributed by atoms with van der Waals surface area (Å²) in [6.07, 6.45) is 2.11. The second kappa shape index (κ2) is 8.96. The number of fused-ring (bicyclic) bond motifs is 1. The molecule has 0 unspecified atom stereocenters. The van der Waals surface area contributed by atoms with Crippen molar-refractivity contribution in [2.75, 3.05) is 24.6 Å². The molecule has 2 heterocycles. The summed E-state index contributed by atoms with van der Waals surface area (Å²) in [4.78, 5) is 18.6. The fourth-order valence-electron chi connectivity index (χ4n) is 3.86. The number of nitrogens with zero attached hydrogens (tertiary/aromatic N) is 2. The van der Waals surface area contributed by atoms with Crippen LogP contribution in [-0.2, 0) is 12.8 Å². The number of aliphatic hydroxyl groups excluding tert-OH is 1. The Hall–Kier alpha value is -3.46. The van der Waals surface area contributed by atoms with Gasteiger partial charge < -0.3 is 15.3 Å². The van der Waals surface area contributed by atoms with E-state index in [-0.39, 0.29) is 30.7 Å². The molecule has 0 fully saturated rings. The van der Waals surface area contributed by atoms with Crippen molar-refractivity contribution in [2.24, 2.45) is 0 Å². The highest BCUT2D eigenvalue weighted by Crippen LogP contribution is 2.37. The third kappa shape index (κ3) is 4.16. The van der Waals surface area contributed by atoms with Gasteiger partial charge in [-0.2, -0.15) is 0 Å². The van der Waals surface area contributed by atoms with Crippen molar-refractivity contribution in [1.29, 1.82) is 0 Å². The highest BCUT2D eigenvalue weighted by Gasteiger charge is 2.28. The maximum Gasteiger partial charge on any atom is 0.254 e. The van der Waals surface area contributed by atoms with Gasteiger partial charge in [-0.15, -0.1) is 0 Å². The van der Waals surface area contributed by atoms with Gasteiger partial charge in [0.1, 0.15) is 11.6 Å². The summed E-state index contributed by atoms with van der Waals surface area (Å²) in [7, 11) is 0. The van der Waals surface area contributed by atoms with Crippen LogP contribution in [-0.4, -0.2) is 35.7 Å². The highest BCUT2D eigenvalue weighted by molar-refractivity contribution is 5.98. The molecule has 0 saturated carbocycles. The van der Waals surface area contributed by atoms with Crippen LogP contribution in [0.2, 0.25) is 0 Å². The van der Waals surface area contributed by atoms with Crippen LogP contribution in [0.15, 0.2) is 42.6 Å². The van der Waals surface area contributed by atoms with E-state index >= 15 is 0 Å². The number of amides is 1. The fourth-order valence-corrected chi connectivity index (χ4v) is 3.86. The number of carbonyl (C=O) groups excluding carboxylic acids is 1. The van der Waals surface area contributed by atoms with Gasteiger partial charge in [0.15, 0.2) is 17.5 Å². The van der Waals surface area contributed by atoms with Crippen molar-refractivity contribution in [3.8, 4) is 0 Å². The monoisotopic (exact) mass is 445 g/mol. The number of benzene rings is 2. The lowest BCUT2D eigenvalue weighted by Crippen LogP contribution is -2.28. The number of hydrogen-bond donors (Lipinski definition) is 2. The minimum Gasteiger partial charge on any atom is -0.395 e. The highest BCUT2D eigenvalue weighted by atomic mass is 19.2. The first-order chi connectivity index (χ1) is 15.4. The molecule has 0 atom stereocenters. The normalized spacial score (nSPS) is 12.7. The number of nitrogens with one attached hydrogen (secondary N) is 1. The van der Waals surface area contributed by atoms with E-state index in [9.17, 15) is 22.4 Å². The average molecular weight is 445 g/mol. The van der Waals surface area contributed by atoms with Crippen LogP contribution in [0, 0.1) is 23.3 Å². The maximum absolute atomic E-state index is 14.4. The molecule has 3 aromatic rings.